The summed E-state index contributed by atoms with van der Waals surface area (Å²) in [6.07, 6.45) is 5.08. The van der Waals surface area contributed by atoms with Gasteiger partial charge in [-0.15, -0.1) is 18.2 Å². The molecule has 1 atom stereocenters. The van der Waals surface area contributed by atoms with E-state index in [-0.39, 0.29) is 17.7 Å². The van der Waals surface area contributed by atoms with Gasteiger partial charge in [0.15, 0.2) is 0 Å². The van der Waals surface area contributed by atoms with E-state index >= 15 is 0 Å². The predicted molar refractivity (Wildman–Crippen MR) is 68.3 cm³/mol. The lowest BCUT2D eigenvalue weighted by atomic mass is 10.2. The number of nitrogens with one attached hydrogen (secondary N) is 1. The van der Waals surface area contributed by atoms with E-state index in [1.807, 2.05) is 32.0 Å². The topological polar surface area (TPSA) is 29.1 Å². The fraction of sp³-hybridized carbons (Fsp3) is 0.308. The molecule has 0 radical (unpaired) electrons. The molecule has 0 aromatic heterocycles. The number of amides is 1. The van der Waals surface area contributed by atoms with Crippen molar-refractivity contribution in [1.82, 2.24) is 5.32 Å². The van der Waals surface area contributed by atoms with Crippen LogP contribution in [0, 0.1) is 19.3 Å². The molecule has 0 saturated heterocycles. The third-order valence-corrected chi connectivity index (χ3v) is 3.13. The number of carbonyl (C=O) groups excluding carboxylic acids is 1. The van der Waals surface area contributed by atoms with E-state index in [1.54, 1.807) is 0 Å². The van der Waals surface area contributed by atoms with Crippen molar-refractivity contribution in [3.05, 3.63) is 29.8 Å². The molecule has 1 aromatic carbocycles. The standard InChI is InChI=1S/C13H15NOS/c1-4-8-14-13(15)11(3)16-12-7-5-6-10(2)9-12/h1,5-7,9,11H,8H2,2-3H3,(H,14,15)/t11-/m1/s1. The molecule has 3 heteroatoms. The number of hydrogen-bond donors (Lipinski definition) is 1. The molecule has 0 spiro atoms. The van der Waals surface area contributed by atoms with E-state index in [0.717, 1.165) is 4.90 Å². The molecule has 1 rings (SSSR count). The van der Waals surface area contributed by atoms with Crippen LogP contribution in [0.5, 0.6) is 0 Å². The molecule has 1 N–H and O–H groups in total. The van der Waals surface area contributed by atoms with Crippen molar-refractivity contribution in [2.45, 2.75) is 24.0 Å². The summed E-state index contributed by atoms with van der Waals surface area (Å²) >= 11 is 1.54. The molecule has 0 bridgehead atoms. The first-order valence-corrected chi connectivity index (χ1v) is 5.96. The lowest BCUT2D eigenvalue weighted by Gasteiger charge is -2.10. The molecule has 0 aliphatic carbocycles. The largest absolute Gasteiger partial charge is 0.344 e. The lowest BCUT2D eigenvalue weighted by molar-refractivity contribution is -0.120. The molecule has 0 saturated carbocycles. The minimum Gasteiger partial charge on any atom is -0.344 e. The van der Waals surface area contributed by atoms with Gasteiger partial charge in [0.2, 0.25) is 5.91 Å². The van der Waals surface area contributed by atoms with Crippen LogP contribution in [0.1, 0.15) is 12.5 Å². The lowest BCUT2D eigenvalue weighted by Crippen LogP contribution is -2.30. The Hall–Kier alpha value is -1.40. The fourth-order valence-corrected chi connectivity index (χ4v) is 2.24. The van der Waals surface area contributed by atoms with E-state index in [2.05, 4.69) is 17.3 Å². The van der Waals surface area contributed by atoms with Gasteiger partial charge >= 0.3 is 0 Å². The van der Waals surface area contributed by atoms with Crippen molar-refractivity contribution in [2.75, 3.05) is 6.54 Å². The molecule has 2 nitrogen and oxygen atoms in total. The second-order valence-electron chi connectivity index (χ2n) is 3.50. The zero-order valence-corrected chi connectivity index (χ0v) is 10.3. The maximum absolute atomic E-state index is 11.6. The summed E-state index contributed by atoms with van der Waals surface area (Å²) in [5.74, 6) is 2.36. The average molecular weight is 233 g/mol. The first kappa shape index (κ1) is 12.7. The van der Waals surface area contributed by atoms with Crippen LogP contribution in [0.15, 0.2) is 29.2 Å². The fourth-order valence-electron chi connectivity index (χ4n) is 1.23. The second-order valence-corrected chi connectivity index (χ2v) is 4.91. The van der Waals surface area contributed by atoms with Gasteiger partial charge in [-0.1, -0.05) is 23.6 Å². The monoisotopic (exact) mass is 233 g/mol. The minimum atomic E-state index is -0.129. The average Bonchev–Trinajstić information content (AvgIpc) is 2.25. The zero-order valence-electron chi connectivity index (χ0n) is 9.49. The third kappa shape index (κ3) is 4.00. The van der Waals surface area contributed by atoms with Crippen molar-refractivity contribution in [1.29, 1.82) is 0 Å². The Bertz CT molecular complexity index is 409. The maximum Gasteiger partial charge on any atom is 0.233 e. The van der Waals surface area contributed by atoms with Crippen LogP contribution in [-0.2, 0) is 4.79 Å². The molecule has 0 aliphatic rings. The normalized spacial score (nSPS) is 11.6. The van der Waals surface area contributed by atoms with E-state index < -0.39 is 0 Å². The maximum atomic E-state index is 11.6. The van der Waals surface area contributed by atoms with Crippen molar-refractivity contribution >= 4 is 17.7 Å². The molecule has 0 heterocycles. The van der Waals surface area contributed by atoms with Gasteiger partial charge in [-0.05, 0) is 26.0 Å². The Morgan fingerprint density at radius 1 is 1.62 bits per heavy atom. The number of terminal acetylenes is 1. The molecule has 0 unspecified atom stereocenters. The Balaban J connectivity index is 2.54. The Kier molecular flexibility index (Phi) is 4.94. The minimum absolute atomic E-state index is 0.0237. The summed E-state index contributed by atoms with van der Waals surface area (Å²) in [7, 11) is 0. The van der Waals surface area contributed by atoms with Crippen LogP contribution in [0.2, 0.25) is 0 Å². The highest BCUT2D eigenvalue weighted by molar-refractivity contribution is 8.00. The highest BCUT2D eigenvalue weighted by Gasteiger charge is 2.13. The number of hydrogen-bond acceptors (Lipinski definition) is 2. The third-order valence-electron chi connectivity index (χ3n) is 2.04. The molecule has 1 aromatic rings. The number of rotatable bonds is 4. The molecular weight excluding hydrogens is 218 g/mol. The number of benzene rings is 1. The summed E-state index contributed by atoms with van der Waals surface area (Å²) in [6.45, 7) is 4.20. The number of aryl methyl sites for hydroxylation is 1. The van der Waals surface area contributed by atoms with Crippen molar-refractivity contribution < 1.29 is 4.79 Å². The van der Waals surface area contributed by atoms with Gasteiger partial charge in [0.05, 0.1) is 11.8 Å². The van der Waals surface area contributed by atoms with Crippen LogP contribution >= 0.6 is 11.8 Å². The van der Waals surface area contributed by atoms with Gasteiger partial charge in [0.1, 0.15) is 0 Å². The molecule has 16 heavy (non-hydrogen) atoms. The van der Waals surface area contributed by atoms with Gasteiger partial charge in [-0.3, -0.25) is 4.79 Å². The van der Waals surface area contributed by atoms with E-state index in [0.29, 0.717) is 0 Å². The summed E-state index contributed by atoms with van der Waals surface area (Å²) in [5, 5.41) is 2.54. The van der Waals surface area contributed by atoms with E-state index in [9.17, 15) is 4.79 Å². The van der Waals surface area contributed by atoms with Crippen LogP contribution in [0.3, 0.4) is 0 Å². The summed E-state index contributed by atoms with van der Waals surface area (Å²) in [5.41, 5.74) is 1.20. The van der Waals surface area contributed by atoms with Crippen molar-refractivity contribution in [2.24, 2.45) is 0 Å². The smallest absolute Gasteiger partial charge is 0.233 e. The van der Waals surface area contributed by atoms with E-state index in [4.69, 9.17) is 6.42 Å². The molecule has 84 valence electrons. The SMILES string of the molecule is C#CCNC(=O)[C@@H](C)Sc1cccc(C)c1. The summed E-state index contributed by atoms with van der Waals surface area (Å²) < 4.78 is 0. The van der Waals surface area contributed by atoms with Gasteiger partial charge in [0, 0.05) is 4.90 Å². The second kappa shape index (κ2) is 6.24. The van der Waals surface area contributed by atoms with Gasteiger partial charge in [0.25, 0.3) is 0 Å². The van der Waals surface area contributed by atoms with Gasteiger partial charge < -0.3 is 5.32 Å². The van der Waals surface area contributed by atoms with Gasteiger partial charge in [-0.25, -0.2) is 0 Å². The Labute approximate surface area is 101 Å². The van der Waals surface area contributed by atoms with Crippen LogP contribution in [-0.4, -0.2) is 17.7 Å². The van der Waals surface area contributed by atoms with Crippen LogP contribution in [0.25, 0.3) is 0 Å². The highest BCUT2D eigenvalue weighted by Crippen LogP contribution is 2.23. The number of thioether (sulfide) groups is 1. The number of carbonyl (C=O) groups is 1. The van der Waals surface area contributed by atoms with Crippen molar-refractivity contribution in [3.8, 4) is 12.3 Å². The van der Waals surface area contributed by atoms with Crippen molar-refractivity contribution in [3.63, 3.8) is 0 Å². The molecule has 0 aliphatic heterocycles. The first-order valence-electron chi connectivity index (χ1n) is 5.08. The zero-order chi connectivity index (χ0) is 12.0. The quantitative estimate of drug-likeness (QED) is 0.638. The van der Waals surface area contributed by atoms with Crippen LogP contribution < -0.4 is 5.32 Å². The van der Waals surface area contributed by atoms with E-state index in [1.165, 1.54) is 17.3 Å². The summed E-state index contributed by atoms with van der Waals surface area (Å²) in [4.78, 5) is 12.7. The molecular formula is C13H15NOS. The highest BCUT2D eigenvalue weighted by atomic mass is 32.2. The van der Waals surface area contributed by atoms with Crippen LogP contribution in [0.4, 0.5) is 0 Å². The Morgan fingerprint density at radius 2 is 2.38 bits per heavy atom. The predicted octanol–water partition coefficient (Wildman–Crippen LogP) is 2.23. The molecule has 1 amide bonds. The van der Waals surface area contributed by atoms with Gasteiger partial charge in [-0.2, -0.15) is 0 Å². The Morgan fingerprint density at radius 3 is 3.00 bits per heavy atom. The first-order chi connectivity index (χ1) is 7.63. The summed E-state index contributed by atoms with van der Waals surface area (Å²) in [6, 6.07) is 8.09. The molecule has 0 fully saturated rings.